The van der Waals surface area contributed by atoms with Gasteiger partial charge >= 0.3 is 5.97 Å². The van der Waals surface area contributed by atoms with Crippen LogP contribution in [0.2, 0.25) is 0 Å². The monoisotopic (exact) mass is 312 g/mol. The summed E-state index contributed by atoms with van der Waals surface area (Å²) in [4.78, 5) is 24.4. The second-order valence-corrected chi connectivity index (χ2v) is 6.20. The van der Waals surface area contributed by atoms with Crippen molar-refractivity contribution in [3.8, 4) is 11.5 Å². The van der Waals surface area contributed by atoms with E-state index in [1.807, 2.05) is 0 Å². The summed E-state index contributed by atoms with van der Waals surface area (Å²) < 4.78 is 5.27. The maximum absolute atomic E-state index is 11.8. The highest BCUT2D eigenvalue weighted by Crippen LogP contribution is 2.58. The molecule has 7 heteroatoms. The average molecular weight is 312 g/mol. The van der Waals surface area contributed by atoms with Crippen molar-refractivity contribution in [3.05, 3.63) is 21.9 Å². The number of carbonyl (C=O) groups is 2. The topological polar surface area (TPSA) is 83.8 Å². The molecule has 0 bridgehead atoms. The van der Waals surface area contributed by atoms with Crippen LogP contribution in [-0.4, -0.2) is 28.6 Å². The molecule has 20 heavy (non-hydrogen) atoms. The average Bonchev–Trinajstić information content (AvgIpc) is 2.80. The van der Waals surface area contributed by atoms with Crippen LogP contribution in [0.3, 0.4) is 0 Å². The maximum Gasteiger partial charge on any atom is 0.343 e. The van der Waals surface area contributed by atoms with Crippen molar-refractivity contribution in [1.82, 2.24) is 0 Å². The number of phenols is 2. The van der Waals surface area contributed by atoms with Gasteiger partial charge in [-0.2, -0.15) is 0 Å². The highest BCUT2D eigenvalue weighted by atomic mass is 32.2. The maximum atomic E-state index is 11.8. The lowest BCUT2D eigenvalue weighted by Gasteiger charge is -2.05. The highest BCUT2D eigenvalue weighted by molar-refractivity contribution is 8.25. The van der Waals surface area contributed by atoms with Crippen LogP contribution in [0.4, 0.5) is 0 Å². The quantitative estimate of drug-likeness (QED) is 0.292. The molecule has 106 valence electrons. The Morgan fingerprint density at radius 1 is 1.15 bits per heavy atom. The third-order valence-electron chi connectivity index (χ3n) is 2.50. The van der Waals surface area contributed by atoms with Gasteiger partial charge in [-0.15, -0.1) is 0 Å². The number of hydrogen-bond acceptors (Lipinski definition) is 7. The Balaban J connectivity index is 2.47. The molecule has 5 nitrogen and oxygen atoms in total. The Kier molecular flexibility index (Phi) is 4.29. The predicted octanol–water partition coefficient (Wildman–Crippen LogP) is 2.66. The molecule has 1 heterocycles. The molecule has 0 spiro atoms. The van der Waals surface area contributed by atoms with Gasteiger partial charge in [0, 0.05) is 0 Å². The summed E-state index contributed by atoms with van der Waals surface area (Å²) >= 11 is 2.16. The number of ketones is 1. The van der Waals surface area contributed by atoms with Crippen molar-refractivity contribution in [1.29, 1.82) is 0 Å². The van der Waals surface area contributed by atoms with E-state index in [0.717, 1.165) is 23.5 Å². The first-order valence-electron chi connectivity index (χ1n) is 5.78. The number of ether oxygens (including phenoxy) is 1. The second-order valence-electron chi connectivity index (χ2n) is 3.91. The van der Waals surface area contributed by atoms with Gasteiger partial charge in [-0.1, -0.05) is 23.5 Å². The molecule has 1 aliphatic heterocycles. The van der Waals surface area contributed by atoms with Gasteiger partial charge < -0.3 is 14.9 Å². The molecule has 1 aliphatic rings. The van der Waals surface area contributed by atoms with E-state index in [9.17, 15) is 19.8 Å². The summed E-state index contributed by atoms with van der Waals surface area (Å²) in [6.45, 7) is 3.10. The van der Waals surface area contributed by atoms with E-state index >= 15 is 0 Å². The number of carbonyl (C=O) groups excluding carboxylic acids is 2. The van der Waals surface area contributed by atoms with E-state index in [4.69, 9.17) is 4.74 Å². The molecule has 0 amide bonds. The van der Waals surface area contributed by atoms with Gasteiger partial charge in [0.1, 0.15) is 17.1 Å². The van der Waals surface area contributed by atoms with Crippen molar-refractivity contribution in [2.45, 2.75) is 23.6 Å². The number of thioether (sulfide) groups is 2. The van der Waals surface area contributed by atoms with E-state index in [1.165, 1.54) is 19.1 Å². The SMILES string of the molecule is CCOC(=O)C(C(C)=O)=C1Sc2c(O)ccc(O)c2S1. The number of Topliss-reactive ketones (excluding diaryl/α,β-unsaturated/α-hetero) is 1. The zero-order valence-electron chi connectivity index (χ0n) is 10.8. The van der Waals surface area contributed by atoms with Crippen molar-refractivity contribution >= 4 is 35.3 Å². The molecule has 2 N–H and O–H groups in total. The van der Waals surface area contributed by atoms with Crippen LogP contribution in [0.25, 0.3) is 0 Å². The Morgan fingerprint density at radius 3 is 2.05 bits per heavy atom. The number of esters is 1. The van der Waals surface area contributed by atoms with Gasteiger partial charge in [-0.3, -0.25) is 4.79 Å². The van der Waals surface area contributed by atoms with Gasteiger partial charge in [0.05, 0.1) is 20.6 Å². The van der Waals surface area contributed by atoms with Crippen LogP contribution < -0.4 is 0 Å². The van der Waals surface area contributed by atoms with E-state index in [2.05, 4.69) is 0 Å². The third kappa shape index (κ3) is 2.64. The summed E-state index contributed by atoms with van der Waals surface area (Å²) in [6, 6.07) is 2.73. The van der Waals surface area contributed by atoms with Gasteiger partial charge in [0.25, 0.3) is 0 Å². The minimum Gasteiger partial charge on any atom is -0.507 e. The molecule has 0 radical (unpaired) electrons. The van der Waals surface area contributed by atoms with E-state index in [-0.39, 0.29) is 23.7 Å². The Hall–Kier alpha value is -1.60. The van der Waals surface area contributed by atoms with Gasteiger partial charge in [0.2, 0.25) is 0 Å². The largest absolute Gasteiger partial charge is 0.507 e. The summed E-state index contributed by atoms with van der Waals surface area (Å²) in [5.41, 5.74) is -0.0585. The van der Waals surface area contributed by atoms with Gasteiger partial charge in [-0.05, 0) is 26.0 Å². The van der Waals surface area contributed by atoms with Crippen LogP contribution in [-0.2, 0) is 14.3 Å². The minimum absolute atomic E-state index is 0.00272. The molecule has 2 rings (SSSR count). The molecule has 1 aromatic carbocycles. The van der Waals surface area contributed by atoms with E-state index < -0.39 is 11.8 Å². The molecule has 1 aromatic rings. The van der Waals surface area contributed by atoms with Gasteiger partial charge in [0.15, 0.2) is 5.78 Å². The first-order chi connectivity index (χ1) is 9.45. The predicted molar refractivity (Wildman–Crippen MR) is 75.8 cm³/mol. The van der Waals surface area contributed by atoms with E-state index in [1.54, 1.807) is 6.92 Å². The molecule has 0 atom stereocenters. The number of benzene rings is 1. The van der Waals surface area contributed by atoms with Crippen LogP contribution in [0, 0.1) is 0 Å². The van der Waals surface area contributed by atoms with Crippen LogP contribution in [0.1, 0.15) is 13.8 Å². The first kappa shape index (κ1) is 14.8. The fourth-order valence-corrected chi connectivity index (χ4v) is 4.31. The lowest BCUT2D eigenvalue weighted by molar-refractivity contribution is -0.139. The Bertz CT molecular complexity index is 588. The second kappa shape index (κ2) is 5.80. The Labute approximate surface area is 124 Å². The highest BCUT2D eigenvalue weighted by Gasteiger charge is 2.31. The van der Waals surface area contributed by atoms with Crippen molar-refractivity contribution in [2.75, 3.05) is 6.61 Å². The molecule has 0 fully saturated rings. The van der Waals surface area contributed by atoms with Gasteiger partial charge in [-0.25, -0.2) is 4.79 Å². The summed E-state index contributed by atoms with van der Waals surface area (Å²) in [5.74, 6) is -1.11. The standard InChI is InChI=1S/C13H12O5S2/c1-3-18-12(17)9(6(2)14)13-19-10-7(15)4-5-8(16)11(10)20-13/h4-5,15-16H,3H2,1-2H3. The molecule has 0 saturated heterocycles. The van der Waals surface area contributed by atoms with Crippen LogP contribution >= 0.6 is 23.5 Å². The molecular formula is C13H12O5S2. The molecule has 0 aromatic heterocycles. The normalized spacial score (nSPS) is 13.0. The molecule has 0 aliphatic carbocycles. The zero-order valence-corrected chi connectivity index (χ0v) is 12.4. The minimum atomic E-state index is -0.693. The number of phenolic OH excluding ortho intramolecular Hbond substituents is 2. The van der Waals surface area contributed by atoms with Crippen LogP contribution in [0.5, 0.6) is 11.5 Å². The first-order valence-corrected chi connectivity index (χ1v) is 7.42. The molecule has 0 saturated carbocycles. The Morgan fingerprint density at radius 2 is 1.65 bits per heavy atom. The van der Waals surface area contributed by atoms with E-state index in [0.29, 0.717) is 14.0 Å². The summed E-state index contributed by atoms with van der Waals surface area (Å²) in [5, 5.41) is 19.5. The summed E-state index contributed by atoms with van der Waals surface area (Å²) in [7, 11) is 0. The van der Waals surface area contributed by atoms with Crippen molar-refractivity contribution in [3.63, 3.8) is 0 Å². The molecule has 0 unspecified atom stereocenters. The number of fused-ring (bicyclic) bond motifs is 1. The fourth-order valence-electron chi connectivity index (χ4n) is 1.62. The lowest BCUT2D eigenvalue weighted by atomic mass is 10.2. The smallest absolute Gasteiger partial charge is 0.343 e. The fraction of sp³-hybridized carbons (Fsp3) is 0.231. The van der Waals surface area contributed by atoms with Crippen molar-refractivity contribution < 1.29 is 24.5 Å². The summed E-state index contributed by atoms with van der Waals surface area (Å²) in [6.07, 6.45) is 0. The van der Waals surface area contributed by atoms with Crippen molar-refractivity contribution in [2.24, 2.45) is 0 Å². The third-order valence-corrected chi connectivity index (χ3v) is 5.14. The number of hydrogen-bond donors (Lipinski definition) is 2. The molecular weight excluding hydrogens is 300 g/mol. The lowest BCUT2D eigenvalue weighted by Crippen LogP contribution is -2.14. The number of aromatic hydroxyl groups is 2. The van der Waals surface area contributed by atoms with Crippen LogP contribution in [0.15, 0.2) is 31.7 Å². The zero-order chi connectivity index (χ0) is 14.9. The number of rotatable bonds is 3.